The van der Waals surface area contributed by atoms with E-state index in [1.54, 1.807) is 19.1 Å². The summed E-state index contributed by atoms with van der Waals surface area (Å²) in [4.78, 5) is 12.2. The molecule has 0 bridgehead atoms. The molecule has 0 saturated carbocycles. The zero-order chi connectivity index (χ0) is 16.3. The maximum atomic E-state index is 12.7. The topological polar surface area (TPSA) is 66.5 Å². The van der Waals surface area contributed by atoms with Gasteiger partial charge in [0.05, 0.1) is 11.4 Å². The van der Waals surface area contributed by atoms with Crippen LogP contribution in [0, 0.1) is 0 Å². The van der Waals surface area contributed by atoms with Crippen molar-refractivity contribution in [1.29, 1.82) is 0 Å². The summed E-state index contributed by atoms with van der Waals surface area (Å²) in [5.74, 6) is -0.276. The zero-order valence-corrected chi connectivity index (χ0v) is 14.2. The summed E-state index contributed by atoms with van der Waals surface area (Å²) >= 11 is 0. The number of rotatable bonds is 6. The predicted molar refractivity (Wildman–Crippen MR) is 86.2 cm³/mol. The third-order valence-electron chi connectivity index (χ3n) is 3.83. The van der Waals surface area contributed by atoms with Crippen molar-refractivity contribution in [3.63, 3.8) is 0 Å². The fraction of sp³-hybridized carbons (Fsp3) is 0.562. The Bertz CT molecular complexity index is 653. The van der Waals surface area contributed by atoms with Crippen LogP contribution >= 0.6 is 0 Å². The molecule has 0 heterocycles. The van der Waals surface area contributed by atoms with Crippen LogP contribution in [0.3, 0.4) is 0 Å². The van der Waals surface area contributed by atoms with Crippen molar-refractivity contribution in [2.24, 2.45) is 0 Å². The van der Waals surface area contributed by atoms with Gasteiger partial charge in [-0.25, -0.2) is 8.42 Å². The highest BCUT2D eigenvalue weighted by molar-refractivity contribution is 7.89. The van der Waals surface area contributed by atoms with Gasteiger partial charge in [0.2, 0.25) is 15.9 Å². The van der Waals surface area contributed by atoms with Crippen molar-refractivity contribution in [3.8, 4) is 0 Å². The molecule has 122 valence electrons. The van der Waals surface area contributed by atoms with E-state index in [1.807, 2.05) is 19.9 Å². The first-order chi connectivity index (χ1) is 10.3. The van der Waals surface area contributed by atoms with Crippen LogP contribution in [0.15, 0.2) is 23.1 Å². The molecule has 1 aliphatic rings. The number of sulfonamides is 1. The van der Waals surface area contributed by atoms with Gasteiger partial charge in [-0.3, -0.25) is 4.79 Å². The second kappa shape index (κ2) is 6.79. The van der Waals surface area contributed by atoms with Gasteiger partial charge in [-0.2, -0.15) is 4.31 Å². The maximum absolute atomic E-state index is 12.7. The molecule has 2 rings (SSSR count). The van der Waals surface area contributed by atoms with Crippen LogP contribution in [0.5, 0.6) is 0 Å². The average Bonchev–Trinajstić information content (AvgIpc) is 2.91. The number of amides is 1. The minimum Gasteiger partial charge on any atom is -0.353 e. The van der Waals surface area contributed by atoms with Gasteiger partial charge in [-0.05, 0) is 56.4 Å². The van der Waals surface area contributed by atoms with Gasteiger partial charge >= 0.3 is 0 Å². The van der Waals surface area contributed by atoms with E-state index < -0.39 is 10.0 Å². The summed E-state index contributed by atoms with van der Waals surface area (Å²) in [5, 5.41) is 2.73. The molecule has 6 heteroatoms. The number of nitrogens with zero attached hydrogens (tertiary/aromatic N) is 1. The minimum absolute atomic E-state index is 0.00564. The summed E-state index contributed by atoms with van der Waals surface area (Å²) in [6.45, 7) is 5.57. The Morgan fingerprint density at radius 2 is 1.95 bits per heavy atom. The Hall–Kier alpha value is -1.40. The first-order valence-electron chi connectivity index (χ1n) is 7.76. The van der Waals surface area contributed by atoms with Crippen LogP contribution in [0.2, 0.25) is 0 Å². The van der Waals surface area contributed by atoms with Gasteiger partial charge in [-0.15, -0.1) is 0 Å². The van der Waals surface area contributed by atoms with Crippen LogP contribution in [-0.2, 0) is 27.7 Å². The lowest BCUT2D eigenvalue weighted by molar-refractivity contribution is -0.121. The predicted octanol–water partition coefficient (Wildman–Crippen LogP) is 1.71. The Morgan fingerprint density at radius 1 is 1.27 bits per heavy atom. The van der Waals surface area contributed by atoms with Crippen molar-refractivity contribution in [1.82, 2.24) is 9.62 Å². The van der Waals surface area contributed by atoms with Crippen LogP contribution in [-0.4, -0.2) is 37.8 Å². The van der Waals surface area contributed by atoms with Crippen molar-refractivity contribution < 1.29 is 13.2 Å². The first-order valence-corrected chi connectivity index (χ1v) is 9.20. The molecule has 0 fully saturated rings. The molecule has 1 amide bonds. The summed E-state index contributed by atoms with van der Waals surface area (Å²) in [6, 6.07) is 5.31. The summed E-state index contributed by atoms with van der Waals surface area (Å²) < 4.78 is 26.7. The molecule has 1 N–H and O–H groups in total. The second-order valence-electron chi connectivity index (χ2n) is 5.94. The lowest BCUT2D eigenvalue weighted by Crippen LogP contribution is -2.42. The third kappa shape index (κ3) is 3.67. The fourth-order valence-corrected chi connectivity index (χ4v) is 4.21. The van der Waals surface area contributed by atoms with E-state index >= 15 is 0 Å². The number of carbonyl (C=O) groups excluding carboxylic acids is 1. The van der Waals surface area contributed by atoms with Crippen molar-refractivity contribution in [2.45, 2.75) is 51.0 Å². The molecule has 0 atom stereocenters. The van der Waals surface area contributed by atoms with Gasteiger partial charge < -0.3 is 5.32 Å². The first kappa shape index (κ1) is 17.0. The molecule has 5 nitrogen and oxygen atoms in total. The molecule has 0 aromatic heterocycles. The summed E-state index contributed by atoms with van der Waals surface area (Å²) in [7, 11) is -3.63. The van der Waals surface area contributed by atoms with Crippen LogP contribution in [0.4, 0.5) is 0 Å². The largest absolute Gasteiger partial charge is 0.353 e. The Morgan fingerprint density at radius 3 is 2.59 bits per heavy atom. The van der Waals surface area contributed by atoms with E-state index in [0.717, 1.165) is 24.8 Å². The molecule has 22 heavy (non-hydrogen) atoms. The van der Waals surface area contributed by atoms with Crippen molar-refractivity contribution in [3.05, 3.63) is 29.3 Å². The lowest BCUT2D eigenvalue weighted by atomic mass is 10.1. The Labute approximate surface area is 132 Å². The number of aryl methyl sites for hydroxylation is 2. The molecule has 0 unspecified atom stereocenters. The molecule has 0 spiro atoms. The normalized spacial score (nSPS) is 14.4. The zero-order valence-electron chi connectivity index (χ0n) is 13.4. The van der Waals surface area contributed by atoms with E-state index in [-0.39, 0.29) is 29.9 Å². The molecule has 1 aromatic carbocycles. The van der Waals surface area contributed by atoms with E-state index in [9.17, 15) is 13.2 Å². The number of likely N-dealkylation sites (N-methyl/N-ethyl adjacent to an activating group) is 1. The van der Waals surface area contributed by atoms with E-state index in [0.29, 0.717) is 0 Å². The van der Waals surface area contributed by atoms with Crippen molar-refractivity contribution in [2.75, 3.05) is 13.1 Å². The molecule has 1 aliphatic carbocycles. The maximum Gasteiger partial charge on any atom is 0.243 e. The van der Waals surface area contributed by atoms with Crippen LogP contribution < -0.4 is 5.32 Å². The molecular formula is C16H24N2O3S. The number of carbonyl (C=O) groups is 1. The van der Waals surface area contributed by atoms with Gasteiger partial charge in [-0.1, -0.05) is 13.0 Å². The standard InChI is InChI=1S/C16H24N2O3S/c1-4-18(11-16(19)17-12(2)3)22(20,21)15-9-8-13-6-5-7-14(13)10-15/h8-10,12H,4-7,11H2,1-3H3,(H,17,19). The fourth-order valence-electron chi connectivity index (χ4n) is 2.75. The number of hydrogen-bond acceptors (Lipinski definition) is 3. The highest BCUT2D eigenvalue weighted by atomic mass is 32.2. The molecule has 0 radical (unpaired) electrons. The summed E-state index contributed by atoms with van der Waals surface area (Å²) in [6.07, 6.45) is 3.02. The monoisotopic (exact) mass is 324 g/mol. The van der Waals surface area contributed by atoms with E-state index in [4.69, 9.17) is 0 Å². The number of fused-ring (bicyclic) bond motifs is 1. The smallest absolute Gasteiger partial charge is 0.243 e. The van der Waals surface area contributed by atoms with Gasteiger partial charge in [0.1, 0.15) is 0 Å². The minimum atomic E-state index is -3.63. The highest BCUT2D eigenvalue weighted by Gasteiger charge is 2.26. The molecule has 1 aromatic rings. The van der Waals surface area contributed by atoms with Crippen LogP contribution in [0.25, 0.3) is 0 Å². The second-order valence-corrected chi connectivity index (χ2v) is 7.88. The van der Waals surface area contributed by atoms with Gasteiger partial charge in [0, 0.05) is 12.6 Å². The third-order valence-corrected chi connectivity index (χ3v) is 5.75. The van der Waals surface area contributed by atoms with Gasteiger partial charge in [0.15, 0.2) is 0 Å². The number of nitrogens with one attached hydrogen (secondary N) is 1. The number of hydrogen-bond donors (Lipinski definition) is 1. The lowest BCUT2D eigenvalue weighted by Gasteiger charge is -2.21. The highest BCUT2D eigenvalue weighted by Crippen LogP contribution is 2.26. The summed E-state index contributed by atoms with van der Waals surface area (Å²) in [5.41, 5.74) is 2.35. The van der Waals surface area contributed by atoms with Crippen LogP contribution in [0.1, 0.15) is 38.3 Å². The molecular weight excluding hydrogens is 300 g/mol. The SMILES string of the molecule is CCN(CC(=O)NC(C)C)S(=O)(=O)c1ccc2c(c1)CCC2. The van der Waals surface area contributed by atoms with E-state index in [2.05, 4.69) is 5.32 Å². The van der Waals surface area contributed by atoms with E-state index in [1.165, 1.54) is 9.87 Å². The molecule has 0 saturated heterocycles. The number of benzene rings is 1. The quantitative estimate of drug-likeness (QED) is 0.866. The van der Waals surface area contributed by atoms with Gasteiger partial charge in [0.25, 0.3) is 0 Å². The Balaban J connectivity index is 2.21. The average molecular weight is 324 g/mol. The Kier molecular flexibility index (Phi) is 5.24. The van der Waals surface area contributed by atoms with Crippen molar-refractivity contribution >= 4 is 15.9 Å². The molecule has 0 aliphatic heterocycles.